The Bertz CT molecular complexity index is 1050. The fourth-order valence-corrected chi connectivity index (χ4v) is 3.77. The van der Waals surface area contributed by atoms with Crippen molar-refractivity contribution in [2.24, 2.45) is 7.05 Å². The van der Waals surface area contributed by atoms with Crippen LogP contribution in [0.15, 0.2) is 46.3 Å². The van der Waals surface area contributed by atoms with E-state index in [1.54, 1.807) is 11.3 Å². The molecule has 9 heteroatoms. The first kappa shape index (κ1) is 17.7. The molecule has 3 aromatic heterocycles. The molecule has 3 heterocycles. The molecule has 0 aliphatic heterocycles. The number of rotatable bonds is 5. The van der Waals surface area contributed by atoms with Crippen LogP contribution in [-0.2, 0) is 7.05 Å². The molecule has 0 saturated heterocycles. The topological polar surface area (TPSA) is 72.9 Å². The molecule has 138 valence electrons. The molecule has 1 atom stereocenters. The maximum absolute atomic E-state index is 5.46. The Morgan fingerprint density at radius 1 is 1.19 bits per heavy atom. The lowest BCUT2D eigenvalue weighted by atomic mass is 10.2. The Hall–Kier alpha value is -2.65. The minimum Gasteiger partial charge on any atom is -0.378 e. The van der Waals surface area contributed by atoms with Crippen LogP contribution >= 0.6 is 24.0 Å². The van der Waals surface area contributed by atoms with Gasteiger partial charge in [-0.1, -0.05) is 17.3 Å². The molecule has 1 aromatic carbocycles. The predicted molar refractivity (Wildman–Crippen MR) is 109 cm³/mol. The van der Waals surface area contributed by atoms with Gasteiger partial charge in [0.05, 0.1) is 4.88 Å². The first-order chi connectivity index (χ1) is 13.0. The van der Waals surface area contributed by atoms with Crippen LogP contribution in [0.1, 0.15) is 16.9 Å². The van der Waals surface area contributed by atoms with Crippen molar-refractivity contribution in [1.82, 2.24) is 24.9 Å². The maximum Gasteiger partial charge on any atom is 0.258 e. The number of aromatic nitrogens is 5. The van der Waals surface area contributed by atoms with E-state index in [0.29, 0.717) is 17.5 Å². The van der Waals surface area contributed by atoms with E-state index in [1.807, 2.05) is 72.4 Å². The van der Waals surface area contributed by atoms with Gasteiger partial charge in [0.25, 0.3) is 5.89 Å². The number of benzene rings is 1. The highest BCUT2D eigenvalue weighted by Gasteiger charge is 2.24. The van der Waals surface area contributed by atoms with Gasteiger partial charge in [-0.3, -0.25) is 0 Å². The summed E-state index contributed by atoms with van der Waals surface area (Å²) < 4.78 is 7.37. The second kappa shape index (κ2) is 7.16. The Morgan fingerprint density at radius 3 is 2.78 bits per heavy atom. The van der Waals surface area contributed by atoms with Gasteiger partial charge in [0.2, 0.25) is 0 Å². The van der Waals surface area contributed by atoms with E-state index in [4.69, 9.17) is 4.52 Å². The van der Waals surface area contributed by atoms with E-state index < -0.39 is 5.25 Å². The van der Waals surface area contributed by atoms with Crippen LogP contribution in [0.5, 0.6) is 0 Å². The van der Waals surface area contributed by atoms with Crippen LogP contribution in [0, 0.1) is 0 Å². The van der Waals surface area contributed by atoms with Gasteiger partial charge in [-0.2, -0.15) is 17.6 Å². The van der Waals surface area contributed by atoms with E-state index in [0.717, 1.165) is 22.0 Å². The number of thiophene rings is 1. The van der Waals surface area contributed by atoms with Gasteiger partial charge in [0, 0.05) is 32.4 Å². The number of thiol groups is 1. The highest BCUT2D eigenvalue weighted by Crippen LogP contribution is 2.31. The number of hydrogen-bond acceptors (Lipinski definition) is 8. The van der Waals surface area contributed by atoms with E-state index in [2.05, 4.69) is 33.0 Å². The molecule has 0 aliphatic rings. The molecular formula is C18H18N6OS2. The normalized spacial score (nSPS) is 12.3. The molecular weight excluding hydrogens is 380 g/mol. The Morgan fingerprint density at radius 2 is 2.04 bits per heavy atom. The fraction of sp³-hybridized carbons (Fsp3) is 0.222. The molecule has 0 bridgehead atoms. The smallest absolute Gasteiger partial charge is 0.258 e. The summed E-state index contributed by atoms with van der Waals surface area (Å²) in [6.45, 7) is 0. The third-order valence-corrected chi connectivity index (χ3v) is 5.52. The Balaban J connectivity index is 1.63. The second-order valence-electron chi connectivity index (χ2n) is 6.22. The predicted octanol–water partition coefficient (Wildman–Crippen LogP) is 3.68. The monoisotopic (exact) mass is 398 g/mol. The summed E-state index contributed by atoms with van der Waals surface area (Å²) in [4.78, 5) is 7.59. The summed E-state index contributed by atoms with van der Waals surface area (Å²) in [6.07, 6.45) is 0. The zero-order valence-electron chi connectivity index (χ0n) is 15.1. The maximum atomic E-state index is 5.46. The highest BCUT2D eigenvalue weighted by atomic mass is 32.1. The summed E-state index contributed by atoms with van der Waals surface area (Å²) in [5.74, 6) is 2.36. The minimum atomic E-state index is -0.439. The molecule has 4 aromatic rings. The zero-order valence-corrected chi connectivity index (χ0v) is 16.8. The summed E-state index contributed by atoms with van der Waals surface area (Å²) in [5.41, 5.74) is 1.92. The van der Waals surface area contributed by atoms with Crippen LogP contribution in [0.3, 0.4) is 0 Å². The molecule has 0 saturated carbocycles. The van der Waals surface area contributed by atoms with Crippen LogP contribution in [0.4, 0.5) is 5.69 Å². The SMILES string of the molecule is CN(C)c1cccc(-c2nc(C(S)c3nnc(-c4cccs4)n3C)no2)c1. The Labute approximate surface area is 166 Å². The standard InChI is InChI=1S/C18H18N6OS2/c1-23(2)12-7-4-6-11(10-12)18-19-15(22-25-18)14(26)17-21-20-16(24(17)3)13-8-5-9-27-13/h4-10,14,26H,1-3H3. The molecule has 4 rings (SSSR count). The minimum absolute atomic E-state index is 0.439. The van der Waals surface area contributed by atoms with Crippen molar-refractivity contribution in [3.63, 3.8) is 0 Å². The molecule has 0 N–H and O–H groups in total. The molecule has 0 fully saturated rings. The summed E-state index contributed by atoms with van der Waals surface area (Å²) in [5, 5.41) is 14.2. The van der Waals surface area contributed by atoms with Crippen LogP contribution in [-0.4, -0.2) is 39.0 Å². The van der Waals surface area contributed by atoms with Crippen molar-refractivity contribution in [3.8, 4) is 22.2 Å². The van der Waals surface area contributed by atoms with Crippen LogP contribution in [0.25, 0.3) is 22.2 Å². The lowest BCUT2D eigenvalue weighted by Crippen LogP contribution is -2.08. The van der Waals surface area contributed by atoms with Gasteiger partial charge >= 0.3 is 0 Å². The quantitative estimate of drug-likeness (QED) is 0.517. The summed E-state index contributed by atoms with van der Waals surface area (Å²) >= 11 is 6.27. The second-order valence-corrected chi connectivity index (χ2v) is 7.69. The van der Waals surface area contributed by atoms with E-state index >= 15 is 0 Å². The van der Waals surface area contributed by atoms with E-state index in [-0.39, 0.29) is 0 Å². The van der Waals surface area contributed by atoms with Gasteiger partial charge in [0.1, 0.15) is 5.25 Å². The van der Waals surface area contributed by atoms with Crippen LogP contribution in [0.2, 0.25) is 0 Å². The van der Waals surface area contributed by atoms with Gasteiger partial charge < -0.3 is 14.0 Å². The molecule has 27 heavy (non-hydrogen) atoms. The number of anilines is 1. The van der Waals surface area contributed by atoms with Gasteiger partial charge in [0.15, 0.2) is 17.5 Å². The average Bonchev–Trinajstić information content (AvgIpc) is 3.42. The fourth-order valence-electron chi connectivity index (χ4n) is 2.70. The number of hydrogen-bond donors (Lipinski definition) is 1. The lowest BCUT2D eigenvalue weighted by Gasteiger charge is -2.12. The van der Waals surface area contributed by atoms with Crippen LogP contribution < -0.4 is 4.90 Å². The number of nitrogens with zero attached hydrogens (tertiary/aromatic N) is 6. The van der Waals surface area contributed by atoms with Crippen molar-refractivity contribution >= 4 is 29.7 Å². The van der Waals surface area contributed by atoms with E-state index in [9.17, 15) is 0 Å². The molecule has 0 radical (unpaired) electrons. The van der Waals surface area contributed by atoms with Crippen molar-refractivity contribution < 1.29 is 4.52 Å². The lowest BCUT2D eigenvalue weighted by molar-refractivity contribution is 0.423. The van der Waals surface area contributed by atoms with Crippen molar-refractivity contribution in [2.45, 2.75) is 5.25 Å². The first-order valence-electron chi connectivity index (χ1n) is 8.27. The average molecular weight is 399 g/mol. The first-order valence-corrected chi connectivity index (χ1v) is 9.67. The third kappa shape index (κ3) is 3.35. The molecule has 7 nitrogen and oxygen atoms in total. The molecule has 0 spiro atoms. The van der Waals surface area contributed by atoms with Gasteiger partial charge in [-0.05, 0) is 29.6 Å². The molecule has 1 unspecified atom stereocenters. The summed E-state index contributed by atoms with van der Waals surface area (Å²) in [6, 6.07) is 11.9. The summed E-state index contributed by atoms with van der Waals surface area (Å²) in [7, 11) is 5.89. The van der Waals surface area contributed by atoms with Crippen molar-refractivity contribution in [2.75, 3.05) is 19.0 Å². The van der Waals surface area contributed by atoms with Gasteiger partial charge in [-0.25, -0.2) is 0 Å². The van der Waals surface area contributed by atoms with Crippen molar-refractivity contribution in [3.05, 3.63) is 53.4 Å². The van der Waals surface area contributed by atoms with Crippen molar-refractivity contribution in [1.29, 1.82) is 0 Å². The molecule has 0 aliphatic carbocycles. The largest absolute Gasteiger partial charge is 0.378 e. The van der Waals surface area contributed by atoms with Gasteiger partial charge in [-0.15, -0.1) is 21.5 Å². The molecule has 0 amide bonds. The highest BCUT2D eigenvalue weighted by molar-refractivity contribution is 7.80. The zero-order chi connectivity index (χ0) is 19.0. The third-order valence-electron chi connectivity index (χ3n) is 4.19. The Kier molecular flexibility index (Phi) is 4.71. The van der Waals surface area contributed by atoms with E-state index in [1.165, 1.54) is 0 Å².